The van der Waals surface area contributed by atoms with E-state index in [9.17, 15) is 9.59 Å². The van der Waals surface area contributed by atoms with Gasteiger partial charge in [0.25, 0.3) is 0 Å². The number of benzene rings is 1. The number of hydrogen-bond acceptors (Lipinski definition) is 6. The summed E-state index contributed by atoms with van der Waals surface area (Å²) in [6.07, 6.45) is 8.46. The number of nitrogens with zero attached hydrogens (tertiary/aromatic N) is 2. The number of oxime groups is 1. The molecule has 0 spiro atoms. The van der Waals surface area contributed by atoms with Crippen molar-refractivity contribution in [3.8, 4) is 0 Å². The van der Waals surface area contributed by atoms with Crippen LogP contribution >= 0.6 is 0 Å². The summed E-state index contributed by atoms with van der Waals surface area (Å²) >= 11 is 0. The lowest BCUT2D eigenvalue weighted by molar-refractivity contribution is -0.182. The van der Waals surface area contributed by atoms with Crippen LogP contribution in [0.25, 0.3) is 0 Å². The second-order valence-electron chi connectivity index (χ2n) is 11.8. The molecule has 4 aliphatic carbocycles. The highest BCUT2D eigenvalue weighted by molar-refractivity contribution is 5.97. The van der Waals surface area contributed by atoms with Gasteiger partial charge in [0.15, 0.2) is 11.4 Å². The molecule has 1 aromatic rings. The van der Waals surface area contributed by atoms with Crippen molar-refractivity contribution >= 4 is 23.2 Å². The molecule has 0 heterocycles. The van der Waals surface area contributed by atoms with E-state index in [1.54, 1.807) is 19.6 Å². The lowest BCUT2D eigenvalue weighted by Crippen LogP contribution is -2.57. The van der Waals surface area contributed by atoms with E-state index in [1.165, 1.54) is 29.3 Å². The number of Topliss-reactive ketones (excluding diaryl/α,β-unsaturated/α-hetero) is 1. The molecule has 0 bridgehead atoms. The molecule has 0 saturated heterocycles. The highest BCUT2D eigenvalue weighted by Crippen LogP contribution is 2.67. The van der Waals surface area contributed by atoms with Crippen molar-refractivity contribution in [3.63, 3.8) is 0 Å². The highest BCUT2D eigenvalue weighted by atomic mass is 16.6. The van der Waals surface area contributed by atoms with E-state index in [2.05, 4.69) is 61.4 Å². The number of ketones is 1. The van der Waals surface area contributed by atoms with Gasteiger partial charge < -0.3 is 14.5 Å². The highest BCUT2D eigenvalue weighted by Gasteiger charge is 2.67. The summed E-state index contributed by atoms with van der Waals surface area (Å²) < 4.78 is 6.04. The Balaban J connectivity index is 1.67. The number of carbonyl (C=O) groups excluding carboxylic acids is 2. The van der Waals surface area contributed by atoms with Crippen LogP contribution in [-0.4, -0.2) is 44.3 Å². The van der Waals surface area contributed by atoms with Crippen molar-refractivity contribution in [2.24, 2.45) is 22.4 Å². The molecule has 1 aromatic carbocycles. The van der Waals surface area contributed by atoms with Crippen LogP contribution < -0.4 is 4.90 Å². The quantitative estimate of drug-likeness (QED) is 0.365. The van der Waals surface area contributed by atoms with Crippen LogP contribution in [-0.2, 0) is 19.2 Å². The van der Waals surface area contributed by atoms with Gasteiger partial charge in [-0.05, 0) is 98.6 Å². The van der Waals surface area contributed by atoms with Crippen LogP contribution in [0.1, 0.15) is 77.2 Å². The number of fused-ring (bicyclic) bond motifs is 4. The molecule has 0 aliphatic heterocycles. The first kappa shape index (κ1) is 25.7. The minimum absolute atomic E-state index is 0.0139. The molecular weight excluding hydrogens is 464 g/mol. The lowest BCUT2D eigenvalue weighted by Gasteiger charge is -2.55. The second kappa shape index (κ2) is 9.45. The fraction of sp³-hybridized carbons (Fsp3) is 0.581. The first-order valence-corrected chi connectivity index (χ1v) is 13.6. The molecule has 2 saturated carbocycles. The van der Waals surface area contributed by atoms with E-state index < -0.39 is 11.0 Å². The zero-order valence-electron chi connectivity index (χ0n) is 23.1. The second-order valence-corrected chi connectivity index (χ2v) is 11.8. The molecule has 6 nitrogen and oxygen atoms in total. The standard InChI is InChI=1S/C31H40N2O4/c1-19(34)31(37-20(2)35)16-15-28-26-13-9-22-17-23(32-36-6)10-14-25(22)29(26)27(18-30(28,31)3)21-7-11-24(12-8-21)33(4)5/h7-8,11-12,17,26-28H,9-10,13-16,18H2,1-6H3/b32-23-. The van der Waals surface area contributed by atoms with Gasteiger partial charge in [0.2, 0.25) is 0 Å². The average Bonchev–Trinajstić information content (AvgIpc) is 3.16. The number of esters is 1. The fourth-order valence-electron chi connectivity index (χ4n) is 8.22. The SMILES string of the molecule is CO/N=C1\C=C2CCC3C(=C2CC1)C(c1ccc(N(C)C)cc1)CC1(C)C3CCC1(OC(C)=O)C(C)=O. The van der Waals surface area contributed by atoms with E-state index in [-0.39, 0.29) is 17.7 Å². The van der Waals surface area contributed by atoms with Gasteiger partial charge in [-0.3, -0.25) is 9.59 Å². The number of anilines is 1. The van der Waals surface area contributed by atoms with Gasteiger partial charge in [0.1, 0.15) is 7.11 Å². The maximum Gasteiger partial charge on any atom is 0.303 e. The summed E-state index contributed by atoms with van der Waals surface area (Å²) in [5.41, 5.74) is 6.42. The minimum atomic E-state index is -1.05. The normalized spacial score (nSPS) is 33.7. The summed E-state index contributed by atoms with van der Waals surface area (Å²) in [4.78, 5) is 32.8. The largest absolute Gasteiger partial charge is 0.451 e. The van der Waals surface area contributed by atoms with Gasteiger partial charge in [-0.2, -0.15) is 0 Å². The summed E-state index contributed by atoms with van der Waals surface area (Å²) in [5.74, 6) is 0.488. The van der Waals surface area contributed by atoms with Crippen LogP contribution in [0, 0.1) is 17.3 Å². The maximum absolute atomic E-state index is 13.3. The van der Waals surface area contributed by atoms with E-state index in [0.29, 0.717) is 18.3 Å². The Hall–Kier alpha value is -2.89. The number of allylic oxidation sites excluding steroid dienone is 4. The first-order chi connectivity index (χ1) is 17.6. The molecule has 2 fully saturated rings. The number of carbonyl (C=O) groups is 2. The van der Waals surface area contributed by atoms with E-state index >= 15 is 0 Å². The Bertz CT molecular complexity index is 1190. The molecule has 5 atom stereocenters. The summed E-state index contributed by atoms with van der Waals surface area (Å²) in [7, 11) is 5.72. The Labute approximate surface area is 220 Å². The topological polar surface area (TPSA) is 68.2 Å². The van der Waals surface area contributed by atoms with Gasteiger partial charge in [0.05, 0.1) is 5.71 Å². The molecule has 0 amide bonds. The third-order valence-electron chi connectivity index (χ3n) is 9.78. The third-order valence-corrected chi connectivity index (χ3v) is 9.78. The zero-order valence-corrected chi connectivity index (χ0v) is 23.1. The number of ether oxygens (including phenoxy) is 1. The van der Waals surface area contributed by atoms with E-state index in [1.807, 2.05) is 0 Å². The molecule has 0 radical (unpaired) electrons. The van der Waals surface area contributed by atoms with Gasteiger partial charge >= 0.3 is 5.97 Å². The molecule has 6 heteroatoms. The Morgan fingerprint density at radius 3 is 2.41 bits per heavy atom. The number of rotatable bonds is 5. The molecule has 0 aromatic heterocycles. The lowest BCUT2D eigenvalue weighted by atomic mass is 9.50. The molecule has 4 aliphatic rings. The van der Waals surface area contributed by atoms with Crippen LogP contribution in [0.3, 0.4) is 0 Å². The summed E-state index contributed by atoms with van der Waals surface area (Å²) in [6.45, 7) is 5.28. The minimum Gasteiger partial charge on any atom is -0.451 e. The fourth-order valence-corrected chi connectivity index (χ4v) is 8.22. The Morgan fingerprint density at radius 1 is 1.05 bits per heavy atom. The van der Waals surface area contributed by atoms with Crippen LogP contribution in [0.15, 0.2) is 52.2 Å². The predicted molar refractivity (Wildman–Crippen MR) is 146 cm³/mol. The Morgan fingerprint density at radius 2 is 1.78 bits per heavy atom. The van der Waals surface area contributed by atoms with Crippen LogP contribution in [0.2, 0.25) is 0 Å². The van der Waals surface area contributed by atoms with Crippen LogP contribution in [0.4, 0.5) is 5.69 Å². The van der Waals surface area contributed by atoms with Crippen molar-refractivity contribution in [3.05, 3.63) is 52.6 Å². The van der Waals surface area contributed by atoms with E-state index in [0.717, 1.165) is 44.2 Å². The zero-order chi connectivity index (χ0) is 26.5. The van der Waals surface area contributed by atoms with Crippen molar-refractivity contribution in [1.82, 2.24) is 0 Å². The molecule has 5 rings (SSSR count). The number of hydrogen-bond donors (Lipinski definition) is 0. The van der Waals surface area contributed by atoms with Crippen molar-refractivity contribution in [2.45, 2.75) is 77.2 Å². The van der Waals surface area contributed by atoms with Crippen LogP contribution in [0.5, 0.6) is 0 Å². The van der Waals surface area contributed by atoms with Gasteiger partial charge in [0, 0.05) is 38.0 Å². The third kappa shape index (κ3) is 4.04. The van der Waals surface area contributed by atoms with Gasteiger partial charge in [-0.1, -0.05) is 29.8 Å². The molecule has 0 N–H and O–H groups in total. The smallest absolute Gasteiger partial charge is 0.303 e. The molecule has 37 heavy (non-hydrogen) atoms. The summed E-state index contributed by atoms with van der Waals surface area (Å²) in [5, 5.41) is 4.24. The van der Waals surface area contributed by atoms with Gasteiger partial charge in [-0.25, -0.2) is 0 Å². The molecular formula is C31H40N2O4. The maximum atomic E-state index is 13.3. The van der Waals surface area contributed by atoms with Gasteiger partial charge in [-0.15, -0.1) is 0 Å². The Kier molecular flexibility index (Phi) is 6.57. The predicted octanol–water partition coefficient (Wildman–Crippen LogP) is 5.98. The molecule has 5 unspecified atom stereocenters. The summed E-state index contributed by atoms with van der Waals surface area (Å²) in [6, 6.07) is 8.88. The average molecular weight is 505 g/mol. The van der Waals surface area contributed by atoms with Crippen molar-refractivity contribution in [2.75, 3.05) is 26.1 Å². The van der Waals surface area contributed by atoms with Crippen molar-refractivity contribution in [1.29, 1.82) is 0 Å². The van der Waals surface area contributed by atoms with Crippen molar-refractivity contribution < 1.29 is 19.2 Å². The monoisotopic (exact) mass is 504 g/mol. The first-order valence-electron chi connectivity index (χ1n) is 13.6. The molecule has 198 valence electrons. The van der Waals surface area contributed by atoms with E-state index in [4.69, 9.17) is 9.57 Å².